The quantitative estimate of drug-likeness (QED) is 0.680. The maximum atomic E-state index is 12.7. The molecule has 0 bridgehead atoms. The van der Waals surface area contributed by atoms with Crippen LogP contribution in [0.2, 0.25) is 5.02 Å². The van der Waals surface area contributed by atoms with E-state index in [4.69, 9.17) is 11.6 Å². The molecule has 3 amide bonds. The van der Waals surface area contributed by atoms with E-state index in [1.165, 1.54) is 6.92 Å². The lowest BCUT2D eigenvalue weighted by atomic mass is 10.0. The van der Waals surface area contributed by atoms with Gasteiger partial charge in [-0.15, -0.1) is 0 Å². The molecule has 0 saturated heterocycles. The van der Waals surface area contributed by atoms with E-state index < -0.39 is 5.41 Å². The lowest BCUT2D eigenvalue weighted by Gasteiger charge is -2.17. The largest absolute Gasteiger partial charge is 0.326 e. The lowest BCUT2D eigenvalue weighted by molar-refractivity contribution is -0.131. The van der Waals surface area contributed by atoms with Gasteiger partial charge in [-0.25, -0.2) is 0 Å². The van der Waals surface area contributed by atoms with Gasteiger partial charge in [0.05, 0.1) is 0 Å². The summed E-state index contributed by atoms with van der Waals surface area (Å²) in [5.41, 5.74) is 1.49. The van der Waals surface area contributed by atoms with Crippen molar-refractivity contribution in [1.82, 2.24) is 0 Å². The van der Waals surface area contributed by atoms with Gasteiger partial charge in [0.15, 0.2) is 0 Å². The maximum absolute atomic E-state index is 12.7. The fourth-order valence-corrected chi connectivity index (χ4v) is 3.05. The zero-order valence-corrected chi connectivity index (χ0v) is 15.8. The summed E-state index contributed by atoms with van der Waals surface area (Å²) in [7, 11) is 0. The van der Waals surface area contributed by atoms with Crippen LogP contribution in [0.3, 0.4) is 0 Å². The molecule has 1 fully saturated rings. The number of carbonyl (C=O) groups excluding carboxylic acids is 3. The summed E-state index contributed by atoms with van der Waals surface area (Å²) in [6, 6.07) is 12.0. The molecule has 0 aliphatic heterocycles. The second-order valence-electron chi connectivity index (χ2n) is 6.71. The molecule has 2 aromatic carbocycles. The predicted octanol–water partition coefficient (Wildman–Crippen LogP) is 3.96. The molecule has 0 atom stereocenters. The maximum Gasteiger partial charge on any atom is 0.240 e. The minimum Gasteiger partial charge on any atom is -0.326 e. The smallest absolute Gasteiger partial charge is 0.240 e. The number of nitrogens with one attached hydrogen (secondary N) is 3. The van der Waals surface area contributed by atoms with E-state index in [1.54, 1.807) is 42.5 Å². The van der Waals surface area contributed by atoms with Gasteiger partial charge in [0, 0.05) is 29.0 Å². The average molecular weight is 386 g/mol. The molecule has 2 aromatic rings. The molecule has 140 valence electrons. The van der Waals surface area contributed by atoms with E-state index in [-0.39, 0.29) is 17.7 Å². The first-order chi connectivity index (χ1) is 12.8. The van der Waals surface area contributed by atoms with Gasteiger partial charge in [0.1, 0.15) is 5.41 Å². The number of rotatable bonds is 5. The second-order valence-corrected chi connectivity index (χ2v) is 7.15. The van der Waals surface area contributed by atoms with Crippen molar-refractivity contribution in [3.8, 4) is 0 Å². The summed E-state index contributed by atoms with van der Waals surface area (Å²) in [5.74, 6) is -0.884. The van der Waals surface area contributed by atoms with Gasteiger partial charge in [0.25, 0.3) is 0 Å². The highest BCUT2D eigenvalue weighted by molar-refractivity contribution is 6.30. The Labute approximate surface area is 162 Å². The molecule has 7 heteroatoms. The van der Waals surface area contributed by atoms with Crippen molar-refractivity contribution in [3.05, 3.63) is 53.1 Å². The topological polar surface area (TPSA) is 87.3 Å². The van der Waals surface area contributed by atoms with Crippen molar-refractivity contribution in [1.29, 1.82) is 0 Å². The molecular weight excluding hydrogens is 366 g/mol. The number of halogens is 1. The van der Waals surface area contributed by atoms with Gasteiger partial charge < -0.3 is 16.0 Å². The van der Waals surface area contributed by atoms with E-state index in [0.29, 0.717) is 34.9 Å². The van der Waals surface area contributed by atoms with Gasteiger partial charge in [-0.1, -0.05) is 17.7 Å². The first-order valence-electron chi connectivity index (χ1n) is 8.57. The Morgan fingerprint density at radius 1 is 0.926 bits per heavy atom. The molecule has 1 saturated carbocycles. The standard InChI is InChI=1S/C20H20ClN3O3/c1-12-10-14(21)6-7-17(12)24-19(27)20(8-9-20)18(26)23-16-5-3-4-15(11-16)22-13(2)25/h3-7,10-11H,8-9H2,1-2H3,(H,22,25)(H,23,26)(H,24,27). The van der Waals surface area contributed by atoms with Crippen molar-refractivity contribution in [2.75, 3.05) is 16.0 Å². The Balaban J connectivity index is 1.70. The van der Waals surface area contributed by atoms with Crippen LogP contribution < -0.4 is 16.0 Å². The van der Waals surface area contributed by atoms with Crippen LogP contribution in [0.15, 0.2) is 42.5 Å². The molecule has 0 spiro atoms. The molecule has 0 aromatic heterocycles. The van der Waals surface area contributed by atoms with Crippen LogP contribution in [0.5, 0.6) is 0 Å². The molecular formula is C20H20ClN3O3. The van der Waals surface area contributed by atoms with Gasteiger partial charge in [-0.2, -0.15) is 0 Å². The molecule has 0 heterocycles. The zero-order chi connectivity index (χ0) is 19.6. The number of hydrogen-bond acceptors (Lipinski definition) is 3. The van der Waals surface area contributed by atoms with Crippen LogP contribution in [0.25, 0.3) is 0 Å². The first-order valence-corrected chi connectivity index (χ1v) is 8.95. The zero-order valence-electron chi connectivity index (χ0n) is 15.1. The van der Waals surface area contributed by atoms with Crippen LogP contribution in [0.4, 0.5) is 17.1 Å². The van der Waals surface area contributed by atoms with Crippen molar-refractivity contribution in [3.63, 3.8) is 0 Å². The molecule has 1 aliphatic carbocycles. The number of anilines is 3. The number of aryl methyl sites for hydroxylation is 1. The van der Waals surface area contributed by atoms with Crippen LogP contribution >= 0.6 is 11.6 Å². The second kappa shape index (κ2) is 7.40. The number of amides is 3. The number of benzene rings is 2. The SMILES string of the molecule is CC(=O)Nc1cccc(NC(=O)C2(C(=O)Nc3ccc(Cl)cc3C)CC2)c1. The Hall–Kier alpha value is -2.86. The normalized spacial score (nSPS) is 14.2. The summed E-state index contributed by atoms with van der Waals surface area (Å²) in [6.07, 6.45) is 0.978. The van der Waals surface area contributed by atoms with Gasteiger partial charge in [-0.05, 0) is 61.7 Å². The van der Waals surface area contributed by atoms with Gasteiger partial charge in [-0.3, -0.25) is 14.4 Å². The minimum absolute atomic E-state index is 0.199. The van der Waals surface area contributed by atoms with Crippen LogP contribution in [-0.4, -0.2) is 17.7 Å². The first kappa shape index (κ1) is 18.9. The summed E-state index contributed by atoms with van der Waals surface area (Å²) in [5, 5.41) is 8.85. The fraction of sp³-hybridized carbons (Fsp3) is 0.250. The van der Waals surface area contributed by atoms with Crippen molar-refractivity contribution < 1.29 is 14.4 Å². The Morgan fingerprint density at radius 2 is 1.56 bits per heavy atom. The van der Waals surface area contributed by atoms with Crippen LogP contribution in [0, 0.1) is 12.3 Å². The summed E-state index contributed by atoms with van der Waals surface area (Å²) in [4.78, 5) is 36.6. The fourth-order valence-electron chi connectivity index (χ4n) is 2.82. The molecule has 1 aliphatic rings. The molecule has 0 unspecified atom stereocenters. The third-order valence-corrected chi connectivity index (χ3v) is 4.73. The molecule has 6 nitrogen and oxygen atoms in total. The van der Waals surface area contributed by atoms with Crippen molar-refractivity contribution in [2.24, 2.45) is 5.41 Å². The van der Waals surface area contributed by atoms with Crippen LogP contribution in [0.1, 0.15) is 25.3 Å². The summed E-state index contributed by atoms with van der Waals surface area (Å²) < 4.78 is 0. The molecule has 3 N–H and O–H groups in total. The Kier molecular flexibility index (Phi) is 5.19. The van der Waals surface area contributed by atoms with Crippen molar-refractivity contribution in [2.45, 2.75) is 26.7 Å². The summed E-state index contributed by atoms with van der Waals surface area (Å²) >= 11 is 5.94. The van der Waals surface area contributed by atoms with E-state index in [2.05, 4.69) is 16.0 Å². The van der Waals surface area contributed by atoms with Gasteiger partial charge in [0.2, 0.25) is 17.7 Å². The number of hydrogen-bond donors (Lipinski definition) is 3. The average Bonchev–Trinajstić information content (AvgIpc) is 3.39. The van der Waals surface area contributed by atoms with E-state index >= 15 is 0 Å². The van der Waals surface area contributed by atoms with E-state index in [9.17, 15) is 14.4 Å². The third kappa shape index (κ3) is 4.28. The van der Waals surface area contributed by atoms with Crippen molar-refractivity contribution >= 4 is 46.4 Å². The lowest BCUT2D eigenvalue weighted by Crippen LogP contribution is -2.35. The molecule has 0 radical (unpaired) electrons. The van der Waals surface area contributed by atoms with Crippen LogP contribution in [-0.2, 0) is 14.4 Å². The summed E-state index contributed by atoms with van der Waals surface area (Å²) in [6.45, 7) is 3.25. The third-order valence-electron chi connectivity index (χ3n) is 4.50. The Bertz CT molecular complexity index is 922. The highest BCUT2D eigenvalue weighted by atomic mass is 35.5. The molecule has 27 heavy (non-hydrogen) atoms. The highest BCUT2D eigenvalue weighted by Crippen LogP contribution is 2.47. The monoisotopic (exact) mass is 385 g/mol. The Morgan fingerprint density at radius 3 is 2.15 bits per heavy atom. The van der Waals surface area contributed by atoms with E-state index in [0.717, 1.165) is 5.56 Å². The highest BCUT2D eigenvalue weighted by Gasteiger charge is 2.56. The predicted molar refractivity (Wildman–Crippen MR) is 106 cm³/mol. The number of carbonyl (C=O) groups is 3. The van der Waals surface area contributed by atoms with E-state index in [1.807, 2.05) is 6.92 Å². The van der Waals surface area contributed by atoms with Gasteiger partial charge >= 0.3 is 0 Å². The molecule has 3 rings (SSSR count). The minimum atomic E-state index is -1.07.